The topological polar surface area (TPSA) is 140 Å². The number of anilines is 2. The number of nitrogen functional groups attached to an aromatic ring is 2. The molecule has 2 aromatic heterocycles. The first-order valence-corrected chi connectivity index (χ1v) is 7.08. The fourth-order valence-electron chi connectivity index (χ4n) is 1.45. The summed E-state index contributed by atoms with van der Waals surface area (Å²) in [6.07, 6.45) is 5.57. The highest BCUT2D eigenvalue weighted by atomic mass is 35.5. The van der Waals surface area contributed by atoms with Gasteiger partial charge in [0.1, 0.15) is 12.9 Å². The standard InChI is InChI=1S/C10H14N5.CH4O4S.2ClH/c1-14-4-2-3-8(6-14)7-15-10(12)9(11)5-13-15;1-5-6(2,3)4;;/h2-6H,7,11-12H2,1H3;1H3,(H,2,3,4);2*1H/q+1;;;/p-1. The summed E-state index contributed by atoms with van der Waals surface area (Å²) in [7, 11) is -1.63. The van der Waals surface area contributed by atoms with E-state index in [1.165, 1.54) is 0 Å². The lowest BCUT2D eigenvalue weighted by atomic mass is 10.3. The Hall–Kier alpha value is -1.59. The second kappa shape index (κ2) is 10.2. The summed E-state index contributed by atoms with van der Waals surface area (Å²) in [4.78, 5) is 0. The first-order valence-electron chi connectivity index (χ1n) is 5.75. The number of nitrogens with zero attached hydrogens (tertiary/aromatic N) is 3. The number of hydrogen-bond donors (Lipinski definition) is 2. The Morgan fingerprint density at radius 3 is 2.35 bits per heavy atom. The number of pyridine rings is 1. The van der Waals surface area contributed by atoms with Gasteiger partial charge in [0.15, 0.2) is 12.4 Å². The summed E-state index contributed by atoms with van der Waals surface area (Å²) >= 11 is 0. The van der Waals surface area contributed by atoms with Gasteiger partial charge in [0.05, 0.1) is 25.5 Å². The molecule has 0 bridgehead atoms. The number of halogens is 2. The van der Waals surface area contributed by atoms with Crippen LogP contribution in [0, 0.1) is 0 Å². The second-order valence-electron chi connectivity index (χ2n) is 4.10. The molecule has 23 heavy (non-hydrogen) atoms. The van der Waals surface area contributed by atoms with Crippen LogP contribution in [-0.4, -0.2) is 29.9 Å². The van der Waals surface area contributed by atoms with E-state index in [9.17, 15) is 13.0 Å². The van der Waals surface area contributed by atoms with Crippen LogP contribution in [0.1, 0.15) is 5.56 Å². The zero-order valence-corrected chi connectivity index (χ0v) is 14.9. The molecule has 0 aliphatic rings. The predicted molar refractivity (Wildman–Crippen MR) is 89.0 cm³/mol. The van der Waals surface area contributed by atoms with Gasteiger partial charge in [-0.3, -0.25) is 4.18 Å². The minimum absolute atomic E-state index is 0. The molecule has 0 amide bonds. The molecule has 2 heterocycles. The average molecular weight is 388 g/mol. The van der Waals surface area contributed by atoms with Crippen LogP contribution < -0.4 is 16.0 Å². The third-order valence-corrected chi connectivity index (χ3v) is 2.86. The van der Waals surface area contributed by atoms with Gasteiger partial charge in [-0.25, -0.2) is 17.7 Å². The van der Waals surface area contributed by atoms with E-state index >= 15 is 0 Å². The molecule has 0 atom stereocenters. The van der Waals surface area contributed by atoms with Crippen molar-refractivity contribution in [1.82, 2.24) is 9.78 Å². The lowest BCUT2D eigenvalue weighted by molar-refractivity contribution is -0.671. The van der Waals surface area contributed by atoms with E-state index in [1.807, 2.05) is 36.1 Å². The molecule has 0 spiro atoms. The van der Waals surface area contributed by atoms with Crippen LogP contribution in [0.3, 0.4) is 0 Å². The Morgan fingerprint density at radius 2 is 1.96 bits per heavy atom. The maximum absolute atomic E-state index is 9.22. The maximum Gasteiger partial charge on any atom is 0.217 e. The molecular weight excluding hydrogens is 369 g/mol. The molecule has 0 saturated carbocycles. The molecule has 0 aliphatic carbocycles. The van der Waals surface area contributed by atoms with Crippen LogP contribution in [0.25, 0.3) is 0 Å². The lowest BCUT2D eigenvalue weighted by Crippen LogP contribution is -2.27. The number of aryl methyl sites for hydroxylation is 1. The van der Waals surface area contributed by atoms with E-state index in [0.717, 1.165) is 12.7 Å². The summed E-state index contributed by atoms with van der Waals surface area (Å²) in [5.74, 6) is 0.515. The molecule has 0 fully saturated rings. The molecule has 2 aromatic rings. The molecule has 0 aromatic carbocycles. The van der Waals surface area contributed by atoms with Crippen molar-refractivity contribution in [2.75, 3.05) is 18.6 Å². The van der Waals surface area contributed by atoms with Gasteiger partial charge in [0, 0.05) is 11.6 Å². The van der Waals surface area contributed by atoms with Crippen molar-refractivity contribution in [3.8, 4) is 0 Å². The SMILES string of the molecule is COS(=O)(=O)[O-].C[n+]1cccc(Cn2ncc(N)c2N)c1.Cl.Cl. The van der Waals surface area contributed by atoms with Gasteiger partial charge in [-0.05, 0) is 6.07 Å². The third-order valence-electron chi connectivity index (χ3n) is 2.45. The van der Waals surface area contributed by atoms with Crippen molar-refractivity contribution in [3.05, 3.63) is 36.3 Å². The third kappa shape index (κ3) is 8.57. The highest BCUT2D eigenvalue weighted by molar-refractivity contribution is 7.80. The Kier molecular flexibility index (Phi) is 10.5. The van der Waals surface area contributed by atoms with Crippen molar-refractivity contribution in [3.63, 3.8) is 0 Å². The van der Waals surface area contributed by atoms with E-state index < -0.39 is 10.4 Å². The van der Waals surface area contributed by atoms with Crippen LogP contribution in [-0.2, 0) is 28.2 Å². The Bertz CT molecular complexity index is 708. The first-order chi connectivity index (χ1) is 9.73. The molecule has 0 radical (unpaired) electrons. The number of rotatable bonds is 3. The van der Waals surface area contributed by atoms with E-state index in [-0.39, 0.29) is 24.8 Å². The van der Waals surface area contributed by atoms with E-state index in [1.54, 1.807) is 10.9 Å². The van der Waals surface area contributed by atoms with Crippen molar-refractivity contribution >= 4 is 46.7 Å². The molecule has 9 nitrogen and oxygen atoms in total. The molecule has 4 N–H and O–H groups in total. The number of nitrogens with two attached hydrogens (primary N) is 2. The second-order valence-corrected chi connectivity index (χ2v) is 5.25. The average Bonchev–Trinajstić information content (AvgIpc) is 2.71. The predicted octanol–water partition coefficient (Wildman–Crippen LogP) is -0.143. The van der Waals surface area contributed by atoms with Gasteiger partial charge in [0.2, 0.25) is 10.4 Å². The minimum Gasteiger partial charge on any atom is -0.726 e. The van der Waals surface area contributed by atoms with Gasteiger partial charge in [-0.1, -0.05) is 0 Å². The largest absolute Gasteiger partial charge is 0.726 e. The molecule has 0 aliphatic heterocycles. The summed E-state index contributed by atoms with van der Waals surface area (Å²) < 4.78 is 34.7. The zero-order chi connectivity index (χ0) is 16.0. The molecule has 2 rings (SSSR count). The normalized spacial score (nSPS) is 9.87. The molecule has 12 heteroatoms. The van der Waals surface area contributed by atoms with E-state index in [0.29, 0.717) is 18.1 Å². The summed E-state index contributed by atoms with van der Waals surface area (Å²) in [6.45, 7) is 0.637. The number of hydrogen-bond acceptors (Lipinski definition) is 7. The van der Waals surface area contributed by atoms with Gasteiger partial charge < -0.3 is 16.0 Å². The van der Waals surface area contributed by atoms with Crippen molar-refractivity contribution in [1.29, 1.82) is 0 Å². The Labute approximate surface area is 147 Å². The molecule has 0 unspecified atom stereocenters. The first kappa shape index (κ1) is 23.7. The van der Waals surface area contributed by atoms with Crippen molar-refractivity contribution in [2.45, 2.75) is 6.54 Å². The smallest absolute Gasteiger partial charge is 0.217 e. The molecule has 132 valence electrons. The summed E-state index contributed by atoms with van der Waals surface area (Å²) in [6, 6.07) is 4.01. The van der Waals surface area contributed by atoms with Crippen molar-refractivity contribution < 1.29 is 21.7 Å². The molecule has 0 saturated heterocycles. The lowest BCUT2D eigenvalue weighted by Gasteiger charge is -2.02. The summed E-state index contributed by atoms with van der Waals surface area (Å²) in [5.41, 5.74) is 13.0. The van der Waals surface area contributed by atoms with Crippen LogP contribution in [0.2, 0.25) is 0 Å². The Balaban J connectivity index is 0. The van der Waals surface area contributed by atoms with Crippen LogP contribution >= 0.6 is 24.8 Å². The van der Waals surface area contributed by atoms with E-state index in [4.69, 9.17) is 11.5 Å². The van der Waals surface area contributed by atoms with Gasteiger partial charge >= 0.3 is 0 Å². The fraction of sp³-hybridized carbons (Fsp3) is 0.273. The van der Waals surface area contributed by atoms with Gasteiger partial charge in [-0.2, -0.15) is 5.10 Å². The van der Waals surface area contributed by atoms with Crippen LogP contribution in [0.15, 0.2) is 30.7 Å². The van der Waals surface area contributed by atoms with Crippen molar-refractivity contribution in [2.24, 2.45) is 7.05 Å². The summed E-state index contributed by atoms with van der Waals surface area (Å²) in [5, 5.41) is 4.10. The van der Waals surface area contributed by atoms with E-state index in [2.05, 4.69) is 9.28 Å². The van der Waals surface area contributed by atoms with Crippen LogP contribution in [0.4, 0.5) is 11.5 Å². The monoisotopic (exact) mass is 387 g/mol. The van der Waals surface area contributed by atoms with Gasteiger partial charge in [0.25, 0.3) is 0 Å². The van der Waals surface area contributed by atoms with Gasteiger partial charge in [-0.15, -0.1) is 24.8 Å². The minimum atomic E-state index is -4.41. The highest BCUT2D eigenvalue weighted by Gasteiger charge is 2.06. The maximum atomic E-state index is 9.22. The Morgan fingerprint density at radius 1 is 1.39 bits per heavy atom. The number of aromatic nitrogens is 3. The zero-order valence-electron chi connectivity index (χ0n) is 12.4. The quantitative estimate of drug-likeness (QED) is 0.423. The highest BCUT2D eigenvalue weighted by Crippen LogP contribution is 2.13. The molecular formula is C11H19Cl2N5O4S. The van der Waals surface area contributed by atoms with Crippen LogP contribution in [0.5, 0.6) is 0 Å². The fourth-order valence-corrected chi connectivity index (χ4v) is 1.45.